The van der Waals surface area contributed by atoms with Crippen LogP contribution in [0.3, 0.4) is 0 Å². The standard InChI is InChI=1S/C15H12N4O2/c1-9-3-4-12-10(5-9)6-13(21-12)15(20)18-14-11(7-16)8-17-19(14)2/h3-6,8H,1-2H3,(H,18,20). The molecule has 1 N–H and O–H groups in total. The minimum atomic E-state index is -0.413. The lowest BCUT2D eigenvalue weighted by Crippen LogP contribution is -2.14. The molecule has 0 aliphatic heterocycles. The van der Waals surface area contributed by atoms with Crippen LogP contribution in [0.1, 0.15) is 21.7 Å². The van der Waals surface area contributed by atoms with Crippen molar-refractivity contribution in [3.05, 3.63) is 47.3 Å². The molecular formula is C15H12N4O2. The number of nitrogens with zero attached hydrogens (tertiary/aromatic N) is 3. The van der Waals surface area contributed by atoms with Crippen molar-refractivity contribution in [3.8, 4) is 6.07 Å². The Morgan fingerprint density at radius 3 is 3.00 bits per heavy atom. The highest BCUT2D eigenvalue weighted by atomic mass is 16.3. The number of amides is 1. The van der Waals surface area contributed by atoms with Crippen LogP contribution in [0.25, 0.3) is 11.0 Å². The fourth-order valence-corrected chi connectivity index (χ4v) is 2.11. The van der Waals surface area contributed by atoms with Gasteiger partial charge in [0.15, 0.2) is 5.76 Å². The van der Waals surface area contributed by atoms with Gasteiger partial charge in [0.25, 0.3) is 5.91 Å². The third-order valence-corrected chi connectivity index (χ3v) is 3.19. The molecule has 6 heteroatoms. The molecule has 3 aromatic rings. The van der Waals surface area contributed by atoms with E-state index in [9.17, 15) is 4.79 Å². The number of anilines is 1. The molecule has 0 atom stereocenters. The largest absolute Gasteiger partial charge is 0.451 e. The highest BCUT2D eigenvalue weighted by Crippen LogP contribution is 2.22. The van der Waals surface area contributed by atoms with E-state index in [1.54, 1.807) is 13.1 Å². The summed E-state index contributed by atoms with van der Waals surface area (Å²) in [7, 11) is 1.65. The van der Waals surface area contributed by atoms with Crippen molar-refractivity contribution < 1.29 is 9.21 Å². The van der Waals surface area contributed by atoms with E-state index in [1.165, 1.54) is 10.9 Å². The van der Waals surface area contributed by atoms with Crippen LogP contribution in [0.2, 0.25) is 0 Å². The first-order valence-electron chi connectivity index (χ1n) is 6.32. The molecular weight excluding hydrogens is 268 g/mol. The van der Waals surface area contributed by atoms with Crippen LogP contribution in [0.5, 0.6) is 0 Å². The number of hydrogen-bond acceptors (Lipinski definition) is 4. The van der Waals surface area contributed by atoms with Crippen molar-refractivity contribution in [2.24, 2.45) is 7.05 Å². The van der Waals surface area contributed by atoms with Gasteiger partial charge in [0.2, 0.25) is 0 Å². The van der Waals surface area contributed by atoms with Gasteiger partial charge >= 0.3 is 0 Å². The maximum atomic E-state index is 12.2. The van der Waals surface area contributed by atoms with Gasteiger partial charge in [-0.2, -0.15) is 10.4 Å². The minimum absolute atomic E-state index is 0.195. The van der Waals surface area contributed by atoms with Crippen LogP contribution in [-0.4, -0.2) is 15.7 Å². The highest BCUT2D eigenvalue weighted by Gasteiger charge is 2.16. The predicted octanol–water partition coefficient (Wildman–Crippen LogP) is 2.60. The van der Waals surface area contributed by atoms with Gasteiger partial charge in [-0.25, -0.2) is 0 Å². The molecule has 0 unspecified atom stereocenters. The minimum Gasteiger partial charge on any atom is -0.451 e. The molecule has 21 heavy (non-hydrogen) atoms. The van der Waals surface area contributed by atoms with Crippen molar-refractivity contribution in [2.75, 3.05) is 5.32 Å². The fourth-order valence-electron chi connectivity index (χ4n) is 2.11. The number of rotatable bonds is 2. The Labute approximate surface area is 120 Å². The number of carbonyl (C=O) groups excluding carboxylic acids is 1. The average Bonchev–Trinajstić information content (AvgIpc) is 3.03. The summed E-state index contributed by atoms with van der Waals surface area (Å²) in [5, 5.41) is 16.4. The molecule has 0 bridgehead atoms. The van der Waals surface area contributed by atoms with Crippen LogP contribution in [0.15, 0.2) is 34.9 Å². The number of carbonyl (C=O) groups is 1. The Morgan fingerprint density at radius 1 is 1.43 bits per heavy atom. The van der Waals surface area contributed by atoms with Gasteiger partial charge in [0.1, 0.15) is 23.0 Å². The Balaban J connectivity index is 1.94. The van der Waals surface area contributed by atoms with Gasteiger partial charge < -0.3 is 9.73 Å². The summed E-state index contributed by atoms with van der Waals surface area (Å²) in [6.07, 6.45) is 1.40. The molecule has 2 aromatic heterocycles. The van der Waals surface area contributed by atoms with Crippen molar-refractivity contribution >= 4 is 22.7 Å². The second-order valence-electron chi connectivity index (χ2n) is 4.75. The van der Waals surface area contributed by atoms with Crippen LogP contribution in [-0.2, 0) is 7.05 Å². The number of fused-ring (bicyclic) bond motifs is 1. The Bertz CT molecular complexity index is 883. The number of nitriles is 1. The van der Waals surface area contributed by atoms with Crippen LogP contribution >= 0.6 is 0 Å². The number of aryl methyl sites for hydroxylation is 2. The summed E-state index contributed by atoms with van der Waals surface area (Å²) in [5.41, 5.74) is 2.04. The van der Waals surface area contributed by atoms with E-state index in [-0.39, 0.29) is 5.76 Å². The fraction of sp³-hybridized carbons (Fsp3) is 0.133. The number of hydrogen-bond donors (Lipinski definition) is 1. The smallest absolute Gasteiger partial charge is 0.292 e. The molecule has 3 rings (SSSR count). The van der Waals surface area contributed by atoms with E-state index in [0.717, 1.165) is 10.9 Å². The second-order valence-corrected chi connectivity index (χ2v) is 4.75. The maximum absolute atomic E-state index is 12.2. The number of aromatic nitrogens is 2. The van der Waals surface area contributed by atoms with Gasteiger partial charge in [-0.1, -0.05) is 11.6 Å². The lowest BCUT2D eigenvalue weighted by atomic mass is 10.2. The predicted molar refractivity (Wildman–Crippen MR) is 76.8 cm³/mol. The van der Waals surface area contributed by atoms with Crippen LogP contribution < -0.4 is 5.32 Å². The Hall–Kier alpha value is -3.07. The highest BCUT2D eigenvalue weighted by molar-refractivity contribution is 6.04. The normalized spacial score (nSPS) is 10.5. The third kappa shape index (κ3) is 2.25. The summed E-state index contributed by atoms with van der Waals surface area (Å²) in [6, 6.07) is 9.35. The maximum Gasteiger partial charge on any atom is 0.292 e. The molecule has 0 radical (unpaired) electrons. The number of nitrogens with one attached hydrogen (secondary N) is 1. The summed E-state index contributed by atoms with van der Waals surface area (Å²) in [5.74, 6) is 0.128. The molecule has 1 amide bonds. The number of furan rings is 1. The number of benzene rings is 1. The van der Waals surface area contributed by atoms with E-state index >= 15 is 0 Å². The molecule has 0 fully saturated rings. The molecule has 0 aliphatic rings. The van der Waals surface area contributed by atoms with E-state index in [0.29, 0.717) is 17.0 Å². The quantitative estimate of drug-likeness (QED) is 0.782. The Morgan fingerprint density at radius 2 is 2.24 bits per heavy atom. The molecule has 0 saturated heterocycles. The van der Waals surface area contributed by atoms with E-state index in [2.05, 4.69) is 10.4 Å². The van der Waals surface area contributed by atoms with E-state index in [4.69, 9.17) is 9.68 Å². The van der Waals surface area contributed by atoms with Crippen molar-refractivity contribution in [3.63, 3.8) is 0 Å². The Kier molecular flexibility index (Phi) is 2.95. The third-order valence-electron chi connectivity index (χ3n) is 3.19. The lowest BCUT2D eigenvalue weighted by Gasteiger charge is -2.03. The van der Waals surface area contributed by atoms with Gasteiger partial charge in [-0.15, -0.1) is 0 Å². The summed E-state index contributed by atoms with van der Waals surface area (Å²) in [4.78, 5) is 12.2. The molecule has 1 aromatic carbocycles. The zero-order valence-corrected chi connectivity index (χ0v) is 11.5. The first kappa shape index (κ1) is 12.9. The first-order valence-corrected chi connectivity index (χ1v) is 6.32. The van der Waals surface area contributed by atoms with E-state index in [1.807, 2.05) is 31.2 Å². The monoisotopic (exact) mass is 280 g/mol. The van der Waals surface area contributed by atoms with Crippen molar-refractivity contribution in [1.29, 1.82) is 5.26 Å². The zero-order valence-electron chi connectivity index (χ0n) is 11.5. The molecule has 2 heterocycles. The summed E-state index contributed by atoms with van der Waals surface area (Å²) >= 11 is 0. The van der Waals surface area contributed by atoms with Gasteiger partial charge in [-0.05, 0) is 25.1 Å². The van der Waals surface area contributed by atoms with Crippen molar-refractivity contribution in [1.82, 2.24) is 9.78 Å². The zero-order chi connectivity index (χ0) is 15.0. The first-order chi connectivity index (χ1) is 10.1. The SMILES string of the molecule is Cc1ccc2oc(C(=O)Nc3c(C#N)cnn3C)cc2c1. The average molecular weight is 280 g/mol. The lowest BCUT2D eigenvalue weighted by molar-refractivity contribution is 0.0997. The molecule has 0 aliphatic carbocycles. The molecule has 0 spiro atoms. The van der Waals surface area contributed by atoms with Crippen LogP contribution in [0, 0.1) is 18.3 Å². The van der Waals surface area contributed by atoms with Gasteiger partial charge in [0.05, 0.1) is 6.20 Å². The van der Waals surface area contributed by atoms with E-state index < -0.39 is 5.91 Å². The summed E-state index contributed by atoms with van der Waals surface area (Å²) < 4.78 is 6.96. The molecule has 104 valence electrons. The van der Waals surface area contributed by atoms with Crippen LogP contribution in [0.4, 0.5) is 5.82 Å². The summed E-state index contributed by atoms with van der Waals surface area (Å²) in [6.45, 7) is 1.97. The molecule has 0 saturated carbocycles. The van der Waals surface area contributed by atoms with Gasteiger partial charge in [0, 0.05) is 12.4 Å². The van der Waals surface area contributed by atoms with Gasteiger partial charge in [-0.3, -0.25) is 9.48 Å². The topological polar surface area (TPSA) is 83.8 Å². The second kappa shape index (κ2) is 4.80. The van der Waals surface area contributed by atoms with Crippen molar-refractivity contribution in [2.45, 2.75) is 6.92 Å². The molecule has 6 nitrogen and oxygen atoms in total.